The van der Waals surface area contributed by atoms with Crippen LogP contribution in [0.2, 0.25) is 0 Å². The van der Waals surface area contributed by atoms with Gasteiger partial charge in [0.15, 0.2) is 11.5 Å². The highest BCUT2D eigenvalue weighted by Crippen LogP contribution is 2.51. The quantitative estimate of drug-likeness (QED) is 0.607. The number of hydrogen-bond acceptors (Lipinski definition) is 4. The van der Waals surface area contributed by atoms with Gasteiger partial charge in [-0.3, -0.25) is 4.79 Å². The van der Waals surface area contributed by atoms with Crippen LogP contribution in [0.5, 0.6) is 11.5 Å². The minimum absolute atomic E-state index is 0.0173. The van der Waals surface area contributed by atoms with Gasteiger partial charge in [0.1, 0.15) is 0 Å². The van der Waals surface area contributed by atoms with Gasteiger partial charge in [-0.15, -0.1) is 0 Å². The summed E-state index contributed by atoms with van der Waals surface area (Å²) < 4.78 is 0. The monoisotopic (exact) mass is 296 g/mol. The summed E-state index contributed by atoms with van der Waals surface area (Å²) in [6, 6.07) is 12.2. The minimum Gasteiger partial charge on any atom is -0.504 e. The molecular formula is C17H16N2O3. The van der Waals surface area contributed by atoms with E-state index in [1.54, 1.807) is 6.07 Å². The van der Waals surface area contributed by atoms with Gasteiger partial charge in [0.05, 0.1) is 11.5 Å². The number of rotatable bonds is 1. The van der Waals surface area contributed by atoms with E-state index in [1.165, 1.54) is 12.1 Å². The zero-order chi connectivity index (χ0) is 15.3. The third kappa shape index (κ3) is 1.60. The fourth-order valence-electron chi connectivity index (χ4n) is 3.73. The van der Waals surface area contributed by atoms with Gasteiger partial charge >= 0.3 is 0 Å². The first-order valence-electron chi connectivity index (χ1n) is 7.29. The van der Waals surface area contributed by atoms with Crippen LogP contribution < -0.4 is 10.6 Å². The van der Waals surface area contributed by atoms with Crippen LogP contribution in [0.15, 0.2) is 42.5 Å². The zero-order valence-corrected chi connectivity index (χ0v) is 11.8. The van der Waals surface area contributed by atoms with Crippen LogP contribution in [0.1, 0.15) is 23.6 Å². The molecule has 5 nitrogen and oxygen atoms in total. The third-order valence-electron chi connectivity index (χ3n) is 4.75. The summed E-state index contributed by atoms with van der Waals surface area (Å²) in [5, 5.41) is 25.6. The molecule has 2 atom stereocenters. The van der Waals surface area contributed by atoms with Crippen molar-refractivity contribution in [2.24, 2.45) is 0 Å². The van der Waals surface area contributed by atoms with Gasteiger partial charge in [0.25, 0.3) is 0 Å². The van der Waals surface area contributed by atoms with E-state index in [0.717, 1.165) is 16.8 Å². The van der Waals surface area contributed by atoms with E-state index in [1.807, 2.05) is 24.3 Å². The molecule has 2 aromatic carbocycles. The zero-order valence-electron chi connectivity index (χ0n) is 11.8. The molecule has 5 heteroatoms. The number of fused-ring (bicyclic) bond motifs is 2. The number of nitrogens with one attached hydrogen (secondary N) is 2. The lowest BCUT2D eigenvalue weighted by atomic mass is 9.73. The summed E-state index contributed by atoms with van der Waals surface area (Å²) in [5.41, 5.74) is 1.96. The second-order valence-corrected chi connectivity index (χ2v) is 5.86. The van der Waals surface area contributed by atoms with Crippen LogP contribution in [-0.4, -0.2) is 22.7 Å². The van der Waals surface area contributed by atoms with Crippen molar-refractivity contribution in [3.8, 4) is 11.5 Å². The predicted molar refractivity (Wildman–Crippen MR) is 81.9 cm³/mol. The molecule has 0 aliphatic carbocycles. The molecule has 2 aliphatic heterocycles. The van der Waals surface area contributed by atoms with Crippen molar-refractivity contribution < 1.29 is 15.0 Å². The van der Waals surface area contributed by atoms with Gasteiger partial charge < -0.3 is 20.8 Å². The molecule has 2 heterocycles. The van der Waals surface area contributed by atoms with Crippen molar-refractivity contribution in [2.45, 2.75) is 17.9 Å². The number of carbonyl (C=O) groups is 1. The molecule has 2 aliphatic rings. The minimum atomic E-state index is -0.667. The number of phenols is 2. The molecule has 1 spiro atoms. The van der Waals surface area contributed by atoms with E-state index in [0.29, 0.717) is 13.0 Å². The average Bonchev–Trinajstić information content (AvgIpc) is 3.07. The lowest BCUT2D eigenvalue weighted by Crippen LogP contribution is -2.39. The smallest absolute Gasteiger partial charge is 0.237 e. The van der Waals surface area contributed by atoms with Crippen molar-refractivity contribution in [1.29, 1.82) is 0 Å². The first-order chi connectivity index (χ1) is 10.6. The molecule has 0 saturated carbocycles. The SMILES string of the molecule is O=C1Nc2ccccc2[C@@]12CCN[C@H]2c1ccc(O)c(O)c1. The molecule has 1 saturated heterocycles. The Bertz CT molecular complexity index is 774. The van der Waals surface area contributed by atoms with Crippen molar-refractivity contribution in [3.63, 3.8) is 0 Å². The van der Waals surface area contributed by atoms with Crippen molar-refractivity contribution in [3.05, 3.63) is 53.6 Å². The predicted octanol–water partition coefficient (Wildman–Crippen LogP) is 2.02. The van der Waals surface area contributed by atoms with Gasteiger partial charge in [-0.25, -0.2) is 0 Å². The average molecular weight is 296 g/mol. The highest BCUT2D eigenvalue weighted by molar-refractivity contribution is 6.07. The Kier molecular flexibility index (Phi) is 2.68. The van der Waals surface area contributed by atoms with Gasteiger partial charge in [-0.05, 0) is 42.3 Å². The summed E-state index contributed by atoms with van der Waals surface area (Å²) in [6.45, 7) is 0.716. The molecule has 4 N–H and O–H groups in total. The normalized spacial score (nSPS) is 26.2. The van der Waals surface area contributed by atoms with E-state index < -0.39 is 5.41 Å². The Morgan fingerprint density at radius 1 is 1.09 bits per heavy atom. The van der Waals surface area contributed by atoms with Crippen LogP contribution >= 0.6 is 0 Å². The fourth-order valence-corrected chi connectivity index (χ4v) is 3.73. The second-order valence-electron chi connectivity index (χ2n) is 5.86. The van der Waals surface area contributed by atoms with E-state index in [2.05, 4.69) is 10.6 Å². The largest absolute Gasteiger partial charge is 0.504 e. The molecule has 0 unspecified atom stereocenters. The van der Waals surface area contributed by atoms with Crippen LogP contribution in [0, 0.1) is 0 Å². The fraction of sp³-hybridized carbons (Fsp3) is 0.235. The number of benzene rings is 2. The Hall–Kier alpha value is -2.53. The molecule has 4 rings (SSSR count). The Morgan fingerprint density at radius 3 is 2.73 bits per heavy atom. The topological polar surface area (TPSA) is 81.6 Å². The molecule has 2 aromatic rings. The van der Waals surface area contributed by atoms with E-state index in [-0.39, 0.29) is 23.4 Å². The molecule has 0 bridgehead atoms. The highest BCUT2D eigenvalue weighted by Gasteiger charge is 2.55. The molecule has 1 fully saturated rings. The molecule has 0 aromatic heterocycles. The van der Waals surface area contributed by atoms with E-state index >= 15 is 0 Å². The molecule has 1 amide bonds. The number of phenolic OH excluding ortho intramolecular Hbond substituents is 2. The van der Waals surface area contributed by atoms with E-state index in [9.17, 15) is 15.0 Å². The standard InChI is InChI=1S/C17H16N2O3/c20-13-6-5-10(9-14(13)21)15-17(7-8-18-15)11-3-1-2-4-12(11)19-16(17)22/h1-6,9,15,18,20-21H,7-8H2,(H,19,22)/t15-,17+/m0/s1. The van der Waals surface area contributed by atoms with Crippen molar-refractivity contribution in [1.82, 2.24) is 5.32 Å². The molecule has 112 valence electrons. The van der Waals surface area contributed by atoms with Gasteiger partial charge in [0.2, 0.25) is 5.91 Å². The molecule has 22 heavy (non-hydrogen) atoms. The Morgan fingerprint density at radius 2 is 1.91 bits per heavy atom. The summed E-state index contributed by atoms with van der Waals surface area (Å²) in [7, 11) is 0. The van der Waals surface area contributed by atoms with Crippen molar-refractivity contribution >= 4 is 11.6 Å². The summed E-state index contributed by atoms with van der Waals surface area (Å²) in [5.74, 6) is -0.351. The number of para-hydroxylation sites is 1. The maximum absolute atomic E-state index is 12.7. The summed E-state index contributed by atoms with van der Waals surface area (Å²) >= 11 is 0. The van der Waals surface area contributed by atoms with Crippen LogP contribution in [0.25, 0.3) is 0 Å². The lowest BCUT2D eigenvalue weighted by molar-refractivity contribution is -0.121. The second kappa shape index (κ2) is 4.48. The summed E-state index contributed by atoms with van der Waals surface area (Å²) in [6.07, 6.45) is 0.697. The van der Waals surface area contributed by atoms with Crippen molar-refractivity contribution in [2.75, 3.05) is 11.9 Å². The third-order valence-corrected chi connectivity index (χ3v) is 4.75. The number of amides is 1. The number of hydrogen-bond donors (Lipinski definition) is 4. The summed E-state index contributed by atoms with van der Waals surface area (Å²) in [4.78, 5) is 12.7. The number of aromatic hydroxyl groups is 2. The number of carbonyl (C=O) groups excluding carboxylic acids is 1. The van der Waals surface area contributed by atoms with Gasteiger partial charge in [0, 0.05) is 5.69 Å². The van der Waals surface area contributed by atoms with Crippen LogP contribution in [0.3, 0.4) is 0 Å². The van der Waals surface area contributed by atoms with Crippen LogP contribution in [0.4, 0.5) is 5.69 Å². The maximum Gasteiger partial charge on any atom is 0.237 e. The van der Waals surface area contributed by atoms with Gasteiger partial charge in [-0.2, -0.15) is 0 Å². The highest BCUT2D eigenvalue weighted by atomic mass is 16.3. The Labute approximate surface area is 127 Å². The molecular weight excluding hydrogens is 280 g/mol. The first-order valence-corrected chi connectivity index (χ1v) is 7.29. The van der Waals surface area contributed by atoms with Gasteiger partial charge in [-0.1, -0.05) is 24.3 Å². The first kappa shape index (κ1) is 13.2. The van der Waals surface area contributed by atoms with Crippen LogP contribution in [-0.2, 0) is 10.2 Å². The number of anilines is 1. The van der Waals surface area contributed by atoms with E-state index in [4.69, 9.17) is 0 Å². The lowest BCUT2D eigenvalue weighted by Gasteiger charge is -2.29. The maximum atomic E-state index is 12.7. The molecule has 0 radical (unpaired) electrons. The Balaban J connectivity index is 1.87.